The van der Waals surface area contributed by atoms with Crippen LogP contribution in [0.5, 0.6) is 0 Å². The van der Waals surface area contributed by atoms with Crippen molar-refractivity contribution in [1.29, 1.82) is 0 Å². The molecule has 0 saturated carbocycles. The van der Waals surface area contributed by atoms with E-state index in [0.717, 1.165) is 64.0 Å². The van der Waals surface area contributed by atoms with Crippen LogP contribution in [0.3, 0.4) is 0 Å². The van der Waals surface area contributed by atoms with E-state index in [1.165, 1.54) is 11.1 Å². The Kier molecular flexibility index (Phi) is 10.9. The van der Waals surface area contributed by atoms with E-state index < -0.39 is 6.04 Å². The van der Waals surface area contributed by atoms with E-state index in [1.807, 2.05) is 35.2 Å². The lowest BCUT2D eigenvalue weighted by Crippen LogP contribution is -2.56. The van der Waals surface area contributed by atoms with Gasteiger partial charge >= 0.3 is 0 Å². The zero-order chi connectivity index (χ0) is 29.5. The number of halogens is 1. The van der Waals surface area contributed by atoms with Gasteiger partial charge in [0.25, 0.3) is 0 Å². The summed E-state index contributed by atoms with van der Waals surface area (Å²) in [6.07, 6.45) is 5.80. The number of carbonyl (C=O) groups excluding carboxylic acids is 2. The molecule has 228 valence electrons. The number of nitrogens with zero attached hydrogens (tertiary/aromatic N) is 2. The van der Waals surface area contributed by atoms with Crippen molar-refractivity contribution in [2.24, 2.45) is 5.92 Å². The SMILES string of the molecule is CC(C)CN(C1CCOCC1)C1CCN(C(=O)[C@@H](Cc2ccc(Cl)cc2)NC(=O)CC2NCCc3ccccc32)CC1. The molecular weight excluding hydrogens is 548 g/mol. The van der Waals surface area contributed by atoms with Gasteiger partial charge in [-0.1, -0.05) is 61.8 Å². The molecular formula is C34H47ClN4O3. The van der Waals surface area contributed by atoms with Crippen molar-refractivity contribution in [3.8, 4) is 0 Å². The van der Waals surface area contributed by atoms with E-state index in [2.05, 4.69) is 47.6 Å². The molecule has 2 N–H and O–H groups in total. The smallest absolute Gasteiger partial charge is 0.245 e. The predicted molar refractivity (Wildman–Crippen MR) is 168 cm³/mol. The van der Waals surface area contributed by atoms with E-state index in [4.69, 9.17) is 16.3 Å². The Labute approximate surface area is 256 Å². The second-order valence-corrected chi connectivity index (χ2v) is 13.0. The summed E-state index contributed by atoms with van der Waals surface area (Å²) in [6, 6.07) is 16.3. The van der Waals surface area contributed by atoms with E-state index in [-0.39, 0.29) is 17.9 Å². The number of rotatable bonds is 10. The third-order valence-electron chi connectivity index (χ3n) is 9.07. The number of amides is 2. The summed E-state index contributed by atoms with van der Waals surface area (Å²) in [6.45, 7) is 9.61. The standard InChI is InChI=1S/C34H47ClN4O3/c1-24(2)23-39(29-14-19-42-20-15-29)28-12-17-38(18-13-28)34(41)32(21-25-7-9-27(35)10-8-25)37-33(40)22-31-30-6-4-3-5-26(30)11-16-36-31/h3-10,24,28-29,31-32,36H,11-23H2,1-2H3,(H,37,40)/t31?,32-/m1/s1. The average Bonchev–Trinajstić information content (AvgIpc) is 3.01. The first-order valence-electron chi connectivity index (χ1n) is 15.8. The summed E-state index contributed by atoms with van der Waals surface area (Å²) in [5.41, 5.74) is 3.45. The minimum atomic E-state index is -0.615. The quantitative estimate of drug-likeness (QED) is 0.414. The number of piperidine rings is 1. The van der Waals surface area contributed by atoms with Gasteiger partial charge in [0, 0.05) is 68.8 Å². The summed E-state index contributed by atoms with van der Waals surface area (Å²) in [5.74, 6) is 0.501. The third kappa shape index (κ3) is 8.13. The van der Waals surface area contributed by atoms with Gasteiger partial charge in [0.05, 0.1) is 0 Å². The monoisotopic (exact) mass is 594 g/mol. The second-order valence-electron chi connectivity index (χ2n) is 12.6. The highest BCUT2D eigenvalue weighted by Gasteiger charge is 2.35. The van der Waals surface area contributed by atoms with Crippen LogP contribution in [0.1, 0.15) is 68.7 Å². The van der Waals surface area contributed by atoms with Crippen LogP contribution in [0.25, 0.3) is 0 Å². The lowest BCUT2D eigenvalue weighted by atomic mass is 9.92. The number of ether oxygens (including phenoxy) is 1. The van der Waals surface area contributed by atoms with Gasteiger partial charge in [0.2, 0.25) is 11.8 Å². The molecule has 0 radical (unpaired) electrons. The van der Waals surface area contributed by atoms with Crippen LogP contribution < -0.4 is 10.6 Å². The molecule has 3 aliphatic heterocycles. The van der Waals surface area contributed by atoms with Gasteiger partial charge < -0.3 is 20.3 Å². The van der Waals surface area contributed by atoms with Gasteiger partial charge in [-0.05, 0) is 73.4 Å². The van der Waals surface area contributed by atoms with Gasteiger partial charge in [0.1, 0.15) is 6.04 Å². The fourth-order valence-corrected chi connectivity index (χ4v) is 7.07. The normalized spacial score (nSPS) is 20.9. The Hall–Kier alpha value is -2.45. The van der Waals surface area contributed by atoms with Gasteiger partial charge in [-0.2, -0.15) is 0 Å². The van der Waals surface area contributed by atoms with Crippen molar-refractivity contribution >= 4 is 23.4 Å². The van der Waals surface area contributed by atoms with Crippen LogP contribution in [0.2, 0.25) is 5.02 Å². The number of carbonyl (C=O) groups is 2. The average molecular weight is 595 g/mol. The largest absolute Gasteiger partial charge is 0.381 e. The zero-order valence-corrected chi connectivity index (χ0v) is 26.0. The number of hydrogen-bond donors (Lipinski definition) is 2. The van der Waals surface area contributed by atoms with E-state index in [0.29, 0.717) is 49.0 Å². The molecule has 42 heavy (non-hydrogen) atoms. The maximum absolute atomic E-state index is 14.0. The lowest BCUT2D eigenvalue weighted by Gasteiger charge is -2.44. The molecule has 3 heterocycles. The molecule has 2 amide bonds. The van der Waals surface area contributed by atoms with Crippen LogP contribution >= 0.6 is 11.6 Å². The Balaban J connectivity index is 1.24. The molecule has 0 aliphatic carbocycles. The number of benzene rings is 2. The Morgan fingerprint density at radius 2 is 1.71 bits per heavy atom. The van der Waals surface area contributed by atoms with Crippen LogP contribution in [-0.2, 0) is 27.2 Å². The van der Waals surface area contributed by atoms with Gasteiger partial charge in [-0.25, -0.2) is 0 Å². The van der Waals surface area contributed by atoms with Crippen molar-refractivity contribution in [1.82, 2.24) is 20.4 Å². The summed E-state index contributed by atoms with van der Waals surface area (Å²) in [7, 11) is 0. The molecule has 2 fully saturated rings. The number of nitrogens with one attached hydrogen (secondary N) is 2. The molecule has 8 heteroatoms. The molecule has 0 bridgehead atoms. The zero-order valence-electron chi connectivity index (χ0n) is 25.2. The molecule has 5 rings (SSSR count). The molecule has 0 spiro atoms. The summed E-state index contributed by atoms with van der Waals surface area (Å²) >= 11 is 6.13. The molecule has 3 aliphatic rings. The third-order valence-corrected chi connectivity index (χ3v) is 9.32. The predicted octanol–water partition coefficient (Wildman–Crippen LogP) is 4.77. The molecule has 2 aromatic rings. The molecule has 2 saturated heterocycles. The minimum absolute atomic E-state index is 0.00947. The van der Waals surface area contributed by atoms with E-state index in [9.17, 15) is 9.59 Å². The maximum atomic E-state index is 14.0. The highest BCUT2D eigenvalue weighted by molar-refractivity contribution is 6.30. The lowest BCUT2D eigenvalue weighted by molar-refractivity contribution is -0.138. The Morgan fingerprint density at radius 3 is 2.43 bits per heavy atom. The highest BCUT2D eigenvalue weighted by Crippen LogP contribution is 2.27. The molecule has 7 nitrogen and oxygen atoms in total. The van der Waals surface area contributed by atoms with Crippen molar-refractivity contribution in [2.45, 2.75) is 83.0 Å². The van der Waals surface area contributed by atoms with E-state index in [1.54, 1.807) is 0 Å². The summed E-state index contributed by atoms with van der Waals surface area (Å²) in [5, 5.41) is 7.30. The molecule has 1 unspecified atom stereocenters. The number of likely N-dealkylation sites (tertiary alicyclic amines) is 1. The first kappa shape index (κ1) is 31.0. The van der Waals surface area contributed by atoms with Gasteiger partial charge in [-0.3, -0.25) is 14.5 Å². The molecule has 2 atom stereocenters. The molecule has 2 aromatic carbocycles. The van der Waals surface area contributed by atoms with Crippen molar-refractivity contribution < 1.29 is 14.3 Å². The van der Waals surface area contributed by atoms with Crippen molar-refractivity contribution in [3.63, 3.8) is 0 Å². The first-order valence-corrected chi connectivity index (χ1v) is 16.2. The fourth-order valence-electron chi connectivity index (χ4n) is 6.94. The van der Waals surface area contributed by atoms with Gasteiger partial charge in [0.15, 0.2) is 0 Å². The summed E-state index contributed by atoms with van der Waals surface area (Å²) in [4.78, 5) is 32.1. The van der Waals surface area contributed by atoms with Crippen LogP contribution in [-0.4, -0.2) is 79.1 Å². The van der Waals surface area contributed by atoms with Crippen LogP contribution in [0.15, 0.2) is 48.5 Å². The van der Waals surface area contributed by atoms with Crippen molar-refractivity contribution in [2.75, 3.05) is 39.4 Å². The molecule has 0 aromatic heterocycles. The van der Waals surface area contributed by atoms with Gasteiger partial charge in [-0.15, -0.1) is 0 Å². The second kappa shape index (κ2) is 14.8. The summed E-state index contributed by atoms with van der Waals surface area (Å²) < 4.78 is 5.64. The first-order chi connectivity index (χ1) is 20.4. The van der Waals surface area contributed by atoms with E-state index >= 15 is 0 Å². The number of hydrogen-bond acceptors (Lipinski definition) is 5. The minimum Gasteiger partial charge on any atom is -0.381 e. The topological polar surface area (TPSA) is 73.9 Å². The van der Waals surface area contributed by atoms with Crippen LogP contribution in [0.4, 0.5) is 0 Å². The Morgan fingerprint density at radius 1 is 1.02 bits per heavy atom. The Bertz CT molecular complexity index is 1180. The van der Waals surface area contributed by atoms with Crippen molar-refractivity contribution in [3.05, 3.63) is 70.2 Å². The fraction of sp³-hybridized carbons (Fsp3) is 0.588. The maximum Gasteiger partial charge on any atom is 0.245 e. The highest BCUT2D eigenvalue weighted by atomic mass is 35.5. The van der Waals surface area contributed by atoms with Crippen LogP contribution in [0, 0.1) is 5.92 Å². The number of fused-ring (bicyclic) bond motifs is 1.